The Morgan fingerprint density at radius 2 is 1.96 bits per heavy atom. The molecule has 1 amide bonds. The largest absolute Gasteiger partial charge is 0.346 e. The van der Waals surface area contributed by atoms with E-state index in [2.05, 4.69) is 15.6 Å². The lowest BCUT2D eigenvalue weighted by molar-refractivity contribution is -0.118. The fraction of sp³-hybridized carbons (Fsp3) is 0.706. The van der Waals surface area contributed by atoms with Crippen LogP contribution in [0.3, 0.4) is 0 Å². The maximum atomic E-state index is 12.0. The van der Waals surface area contributed by atoms with Crippen molar-refractivity contribution in [3.05, 3.63) is 20.8 Å². The van der Waals surface area contributed by atoms with Gasteiger partial charge in [0.25, 0.3) is 5.56 Å². The Kier molecular flexibility index (Phi) is 5.95. The van der Waals surface area contributed by atoms with Crippen molar-refractivity contribution >= 4 is 23.4 Å². The molecular formula is C17H25N5O3S. The first-order chi connectivity index (χ1) is 12.5. The quantitative estimate of drug-likeness (QED) is 0.622. The highest BCUT2D eigenvalue weighted by molar-refractivity contribution is 7.99. The molecule has 1 aromatic rings. The summed E-state index contributed by atoms with van der Waals surface area (Å²) in [5.74, 6) is 1.32. The van der Waals surface area contributed by atoms with Crippen LogP contribution in [0, 0.1) is 11.8 Å². The van der Waals surface area contributed by atoms with Gasteiger partial charge in [-0.3, -0.25) is 14.2 Å². The number of hydrogen-bond donors (Lipinski definition) is 1. The number of fused-ring (bicyclic) bond motifs is 1. The normalized spacial score (nSPS) is 24.3. The molecule has 1 N–H and O–H groups in total. The highest BCUT2D eigenvalue weighted by atomic mass is 32.2. The Morgan fingerprint density at radius 1 is 1.23 bits per heavy atom. The van der Waals surface area contributed by atoms with Gasteiger partial charge in [0.15, 0.2) is 5.03 Å². The van der Waals surface area contributed by atoms with Crippen molar-refractivity contribution in [3.8, 4) is 0 Å². The van der Waals surface area contributed by atoms with Gasteiger partial charge in [0.05, 0.1) is 5.75 Å². The summed E-state index contributed by atoms with van der Waals surface area (Å²) >= 11 is 1.01. The number of amides is 1. The fourth-order valence-corrected chi connectivity index (χ4v) is 4.63. The van der Waals surface area contributed by atoms with E-state index < -0.39 is 11.2 Å². The molecule has 0 bridgehead atoms. The van der Waals surface area contributed by atoms with E-state index in [9.17, 15) is 14.4 Å². The second-order valence-electron chi connectivity index (χ2n) is 7.12. The molecular weight excluding hydrogens is 354 g/mol. The lowest BCUT2D eigenvalue weighted by Crippen LogP contribution is -2.39. The Morgan fingerprint density at radius 3 is 2.73 bits per heavy atom. The van der Waals surface area contributed by atoms with Crippen molar-refractivity contribution in [3.63, 3.8) is 0 Å². The summed E-state index contributed by atoms with van der Waals surface area (Å²) < 4.78 is 2.07. The lowest BCUT2D eigenvalue weighted by atomic mass is 9.70. The summed E-state index contributed by atoms with van der Waals surface area (Å²) in [5.41, 5.74) is 2.69. The summed E-state index contributed by atoms with van der Waals surface area (Å²) in [4.78, 5) is 35.7. The van der Waals surface area contributed by atoms with Crippen LogP contribution in [0.2, 0.25) is 0 Å². The van der Waals surface area contributed by atoms with Crippen molar-refractivity contribution in [1.29, 1.82) is 0 Å². The predicted molar refractivity (Wildman–Crippen MR) is 100 cm³/mol. The third kappa shape index (κ3) is 4.25. The molecule has 2 aliphatic rings. The van der Waals surface area contributed by atoms with E-state index in [1.54, 1.807) is 0 Å². The molecule has 26 heavy (non-hydrogen) atoms. The number of hydrogen-bond acceptors (Lipinski definition) is 6. The fourth-order valence-electron chi connectivity index (χ4n) is 3.86. The number of aromatic nitrogens is 3. The summed E-state index contributed by atoms with van der Waals surface area (Å²) in [6, 6.07) is 0. The van der Waals surface area contributed by atoms with Crippen LogP contribution in [-0.2, 0) is 18.9 Å². The smallest absolute Gasteiger partial charge is 0.272 e. The average Bonchev–Trinajstić information content (AvgIpc) is 2.66. The molecule has 0 unspecified atom stereocenters. The number of nitrogens with zero attached hydrogens (tertiary/aromatic N) is 4. The van der Waals surface area contributed by atoms with Gasteiger partial charge >= 0.3 is 5.69 Å². The van der Waals surface area contributed by atoms with Gasteiger partial charge in [0.1, 0.15) is 0 Å². The Balaban J connectivity index is 1.53. The van der Waals surface area contributed by atoms with Gasteiger partial charge in [0, 0.05) is 19.8 Å². The van der Waals surface area contributed by atoms with Gasteiger partial charge in [-0.25, -0.2) is 14.9 Å². The molecule has 2 saturated carbocycles. The number of carbonyl (C=O) groups excluding carboxylic acids is 1. The lowest BCUT2D eigenvalue weighted by Gasteiger charge is -2.35. The molecule has 0 radical (unpaired) electrons. The Hall–Kier alpha value is -1.90. The molecule has 9 heteroatoms. The van der Waals surface area contributed by atoms with Crippen LogP contribution in [0.15, 0.2) is 19.7 Å². The van der Waals surface area contributed by atoms with Crippen molar-refractivity contribution in [1.82, 2.24) is 19.8 Å². The number of nitrogens with one attached hydrogen (secondary N) is 1. The first-order valence-electron chi connectivity index (χ1n) is 9.07. The maximum absolute atomic E-state index is 12.0. The maximum Gasteiger partial charge on any atom is 0.346 e. The molecule has 8 nitrogen and oxygen atoms in total. The van der Waals surface area contributed by atoms with Crippen LogP contribution < -0.4 is 16.7 Å². The molecule has 142 valence electrons. The zero-order valence-electron chi connectivity index (χ0n) is 15.2. The van der Waals surface area contributed by atoms with Gasteiger partial charge in [-0.05, 0) is 37.5 Å². The highest BCUT2D eigenvalue weighted by Gasteiger charge is 2.30. The molecule has 0 spiro atoms. The van der Waals surface area contributed by atoms with Gasteiger partial charge in [0.2, 0.25) is 5.91 Å². The first kappa shape index (κ1) is 18.9. The Labute approximate surface area is 156 Å². The number of hydrazone groups is 1. The van der Waals surface area contributed by atoms with Gasteiger partial charge in [-0.1, -0.05) is 31.0 Å². The van der Waals surface area contributed by atoms with Gasteiger partial charge < -0.3 is 0 Å². The van der Waals surface area contributed by atoms with E-state index in [0.29, 0.717) is 0 Å². The molecule has 0 aliphatic heterocycles. The SMILES string of the molecule is Cn1nc(SCC(=O)N/N=C2/CC[C@@H]3CCCC[C@@H]3C2)c(=O)n(C)c1=O. The minimum Gasteiger partial charge on any atom is -0.272 e. The van der Waals surface area contributed by atoms with E-state index in [0.717, 1.165) is 51.4 Å². The van der Waals surface area contributed by atoms with Crippen LogP contribution >= 0.6 is 11.8 Å². The standard InChI is InChI=1S/C17H25N5O3S/c1-21-16(24)15(20-22(2)17(21)25)26-10-14(23)19-18-13-8-7-11-5-3-4-6-12(11)9-13/h11-12H,3-10H2,1-2H3,(H,19,23)/b18-13-/t11-,12+/m0/s1. The second-order valence-corrected chi connectivity index (χ2v) is 8.09. The monoisotopic (exact) mass is 379 g/mol. The van der Waals surface area contributed by atoms with Crippen LogP contribution in [0.4, 0.5) is 0 Å². The summed E-state index contributed by atoms with van der Waals surface area (Å²) in [6.07, 6.45) is 8.38. The topological polar surface area (TPSA) is 98.3 Å². The van der Waals surface area contributed by atoms with E-state index in [1.807, 2.05) is 0 Å². The molecule has 2 aliphatic carbocycles. The highest BCUT2D eigenvalue weighted by Crippen LogP contribution is 2.39. The first-order valence-corrected chi connectivity index (χ1v) is 10.1. The van der Waals surface area contributed by atoms with Crippen LogP contribution in [0.5, 0.6) is 0 Å². The van der Waals surface area contributed by atoms with Crippen molar-refractivity contribution < 1.29 is 4.79 Å². The number of rotatable bonds is 4. The molecule has 2 atom stereocenters. The number of carbonyl (C=O) groups is 1. The van der Waals surface area contributed by atoms with Crippen molar-refractivity contribution in [2.45, 2.75) is 50.0 Å². The average molecular weight is 379 g/mol. The number of aryl methyl sites for hydroxylation is 1. The molecule has 3 rings (SSSR count). The van der Waals surface area contributed by atoms with Gasteiger partial charge in [-0.2, -0.15) is 10.2 Å². The molecule has 1 heterocycles. The third-order valence-electron chi connectivity index (χ3n) is 5.34. The minimum absolute atomic E-state index is 0.0310. The summed E-state index contributed by atoms with van der Waals surface area (Å²) in [6.45, 7) is 0. The van der Waals surface area contributed by atoms with Crippen LogP contribution in [-0.4, -0.2) is 31.7 Å². The van der Waals surface area contributed by atoms with E-state index in [4.69, 9.17) is 0 Å². The molecule has 1 aromatic heterocycles. The van der Waals surface area contributed by atoms with E-state index in [1.165, 1.54) is 46.2 Å². The number of thioether (sulfide) groups is 1. The third-order valence-corrected chi connectivity index (χ3v) is 6.28. The summed E-state index contributed by atoms with van der Waals surface area (Å²) in [5, 5.41) is 8.35. The zero-order chi connectivity index (χ0) is 18.7. The summed E-state index contributed by atoms with van der Waals surface area (Å²) in [7, 11) is 2.86. The van der Waals surface area contributed by atoms with Gasteiger partial charge in [-0.15, -0.1) is 0 Å². The van der Waals surface area contributed by atoms with E-state index in [-0.39, 0.29) is 16.7 Å². The molecule has 0 aromatic carbocycles. The van der Waals surface area contributed by atoms with Crippen LogP contribution in [0.1, 0.15) is 44.9 Å². The van der Waals surface area contributed by atoms with Crippen molar-refractivity contribution in [2.75, 3.05) is 5.75 Å². The molecule has 2 fully saturated rings. The predicted octanol–water partition coefficient (Wildman–Crippen LogP) is 1.03. The second kappa shape index (κ2) is 8.20. The van der Waals surface area contributed by atoms with Crippen LogP contribution in [0.25, 0.3) is 0 Å². The van der Waals surface area contributed by atoms with Crippen molar-refractivity contribution in [2.24, 2.45) is 31.0 Å². The zero-order valence-corrected chi connectivity index (χ0v) is 16.0. The minimum atomic E-state index is -0.493. The van der Waals surface area contributed by atoms with E-state index >= 15 is 0 Å². The Bertz CT molecular complexity index is 829. The molecule has 0 saturated heterocycles.